The molecule has 1 aromatic carbocycles. The Hall–Kier alpha value is -3.01. The first-order valence-corrected chi connectivity index (χ1v) is 9.92. The quantitative estimate of drug-likeness (QED) is 0.718. The Balaban J connectivity index is 1.49. The number of para-hydroxylation sites is 1. The van der Waals surface area contributed by atoms with Crippen LogP contribution in [0.25, 0.3) is 0 Å². The molecule has 4 rings (SSSR count). The summed E-state index contributed by atoms with van der Waals surface area (Å²) in [6.45, 7) is 2.04. The molecule has 2 aliphatic heterocycles. The van der Waals surface area contributed by atoms with Crippen LogP contribution in [0.2, 0.25) is 0 Å². The van der Waals surface area contributed by atoms with Crippen molar-refractivity contribution < 1.29 is 14.4 Å². The third-order valence-electron chi connectivity index (χ3n) is 5.20. The molecule has 3 amide bonds. The molecule has 0 saturated carbocycles. The first-order chi connectivity index (χ1) is 13.5. The number of nitrogens with one attached hydrogen (secondary N) is 3. The number of benzene rings is 1. The Labute approximate surface area is 165 Å². The highest BCUT2D eigenvalue weighted by Gasteiger charge is 2.41. The summed E-state index contributed by atoms with van der Waals surface area (Å²) in [6.07, 6.45) is 1.17. The molecule has 3 N–H and O–H groups in total. The van der Waals surface area contributed by atoms with Crippen molar-refractivity contribution in [2.24, 2.45) is 0 Å². The summed E-state index contributed by atoms with van der Waals surface area (Å²) in [4.78, 5) is 39.3. The molecule has 146 valence electrons. The summed E-state index contributed by atoms with van der Waals surface area (Å²) in [7, 11) is 0. The van der Waals surface area contributed by atoms with Crippen LogP contribution in [0.1, 0.15) is 36.5 Å². The molecular formula is C18H20N6O3S. The van der Waals surface area contributed by atoms with Gasteiger partial charge in [0.1, 0.15) is 17.2 Å². The summed E-state index contributed by atoms with van der Waals surface area (Å²) in [5, 5.41) is 17.0. The number of fused-ring (bicyclic) bond motifs is 1. The number of amides is 3. The summed E-state index contributed by atoms with van der Waals surface area (Å²) in [5.41, 5.74) is 2.17. The maximum atomic E-state index is 12.7. The molecule has 1 spiro atoms. The van der Waals surface area contributed by atoms with Crippen molar-refractivity contribution in [2.45, 2.75) is 37.9 Å². The Morgan fingerprint density at radius 2 is 2.11 bits per heavy atom. The van der Waals surface area contributed by atoms with E-state index < -0.39 is 11.7 Å². The van der Waals surface area contributed by atoms with Gasteiger partial charge in [0.25, 0.3) is 5.91 Å². The molecule has 3 heterocycles. The van der Waals surface area contributed by atoms with E-state index in [0.29, 0.717) is 30.1 Å². The molecule has 2 atom stereocenters. The zero-order valence-electron chi connectivity index (χ0n) is 15.3. The SMILES string of the molecule is C[C@H](C(=O)Nc1nncs1)N1CC[C@@]2(CCC1=O)NC(=O)c1ccccc1N2. The average Bonchev–Trinajstić information content (AvgIpc) is 3.14. The fourth-order valence-electron chi connectivity index (χ4n) is 3.63. The van der Waals surface area contributed by atoms with Gasteiger partial charge >= 0.3 is 0 Å². The minimum absolute atomic E-state index is 0.119. The molecule has 1 aromatic heterocycles. The lowest BCUT2D eigenvalue weighted by atomic mass is 9.95. The van der Waals surface area contributed by atoms with Gasteiger partial charge in [-0.3, -0.25) is 19.7 Å². The van der Waals surface area contributed by atoms with E-state index in [9.17, 15) is 14.4 Å². The van der Waals surface area contributed by atoms with Crippen molar-refractivity contribution in [3.63, 3.8) is 0 Å². The van der Waals surface area contributed by atoms with E-state index in [1.165, 1.54) is 16.8 Å². The van der Waals surface area contributed by atoms with Crippen molar-refractivity contribution in [3.05, 3.63) is 35.3 Å². The van der Waals surface area contributed by atoms with Gasteiger partial charge in [0.05, 0.1) is 5.56 Å². The summed E-state index contributed by atoms with van der Waals surface area (Å²) < 4.78 is 0. The third kappa shape index (κ3) is 3.42. The van der Waals surface area contributed by atoms with Gasteiger partial charge in [-0.25, -0.2) is 0 Å². The van der Waals surface area contributed by atoms with Crippen LogP contribution in [-0.4, -0.2) is 51.1 Å². The zero-order chi connectivity index (χ0) is 19.7. The first-order valence-electron chi connectivity index (χ1n) is 9.04. The Bertz CT molecular complexity index is 918. The van der Waals surface area contributed by atoms with Crippen LogP contribution in [0, 0.1) is 0 Å². The van der Waals surface area contributed by atoms with Crippen molar-refractivity contribution in [2.75, 3.05) is 17.2 Å². The van der Waals surface area contributed by atoms with Crippen LogP contribution in [0.3, 0.4) is 0 Å². The normalized spacial score (nSPS) is 22.7. The lowest BCUT2D eigenvalue weighted by Crippen LogP contribution is -2.58. The number of hydrogen-bond donors (Lipinski definition) is 3. The standard InChI is InChI=1S/C18H20N6O3S/c1-11(15(26)20-17-23-19-10-28-17)24-9-8-18(7-6-14(24)25)21-13-5-3-2-4-12(13)16(27)22-18/h2-5,10-11,21H,6-9H2,1H3,(H,22,27)(H,20,23,26)/t11-,18-/m1/s1. The highest BCUT2D eigenvalue weighted by atomic mass is 32.1. The van der Waals surface area contributed by atoms with Gasteiger partial charge in [0.2, 0.25) is 16.9 Å². The second-order valence-electron chi connectivity index (χ2n) is 6.95. The minimum atomic E-state index is -0.703. The van der Waals surface area contributed by atoms with E-state index >= 15 is 0 Å². The van der Waals surface area contributed by atoms with E-state index in [4.69, 9.17) is 0 Å². The van der Waals surface area contributed by atoms with Gasteiger partial charge in [0, 0.05) is 25.1 Å². The molecular weight excluding hydrogens is 380 g/mol. The second kappa shape index (κ2) is 7.19. The molecule has 9 nitrogen and oxygen atoms in total. The van der Waals surface area contributed by atoms with Gasteiger partial charge in [-0.15, -0.1) is 10.2 Å². The molecule has 0 unspecified atom stereocenters. The summed E-state index contributed by atoms with van der Waals surface area (Å²) in [6, 6.07) is 6.65. The number of nitrogens with zero attached hydrogens (tertiary/aromatic N) is 3. The van der Waals surface area contributed by atoms with Crippen LogP contribution < -0.4 is 16.0 Å². The summed E-state index contributed by atoms with van der Waals surface area (Å²) >= 11 is 1.22. The van der Waals surface area contributed by atoms with E-state index in [2.05, 4.69) is 26.1 Å². The molecule has 28 heavy (non-hydrogen) atoms. The first kappa shape index (κ1) is 18.4. The van der Waals surface area contributed by atoms with Crippen molar-refractivity contribution in [1.82, 2.24) is 20.4 Å². The lowest BCUT2D eigenvalue weighted by molar-refractivity contribution is -0.137. The van der Waals surface area contributed by atoms with Gasteiger partial charge < -0.3 is 15.5 Å². The third-order valence-corrected chi connectivity index (χ3v) is 5.81. The monoisotopic (exact) mass is 400 g/mol. The fraction of sp³-hybridized carbons (Fsp3) is 0.389. The molecule has 0 aliphatic carbocycles. The largest absolute Gasteiger partial charge is 0.362 e. The highest BCUT2D eigenvalue weighted by Crippen LogP contribution is 2.32. The Morgan fingerprint density at radius 3 is 2.89 bits per heavy atom. The molecule has 10 heteroatoms. The maximum Gasteiger partial charge on any atom is 0.255 e. The van der Waals surface area contributed by atoms with Crippen LogP contribution in [0.5, 0.6) is 0 Å². The van der Waals surface area contributed by atoms with E-state index in [-0.39, 0.29) is 24.1 Å². The molecule has 1 fully saturated rings. The second-order valence-corrected chi connectivity index (χ2v) is 7.79. The number of carbonyl (C=O) groups is 3. The van der Waals surface area contributed by atoms with Gasteiger partial charge in [-0.2, -0.15) is 0 Å². The number of aromatic nitrogens is 2. The van der Waals surface area contributed by atoms with E-state index in [1.807, 2.05) is 18.2 Å². The molecule has 2 aromatic rings. The number of carbonyl (C=O) groups excluding carboxylic acids is 3. The van der Waals surface area contributed by atoms with Crippen LogP contribution in [0.4, 0.5) is 10.8 Å². The number of likely N-dealkylation sites (tertiary alicyclic amines) is 1. The van der Waals surface area contributed by atoms with E-state index in [0.717, 1.165) is 5.69 Å². The van der Waals surface area contributed by atoms with Crippen molar-refractivity contribution in [1.29, 1.82) is 0 Å². The average molecular weight is 400 g/mol. The molecule has 2 aliphatic rings. The van der Waals surface area contributed by atoms with Crippen LogP contribution >= 0.6 is 11.3 Å². The minimum Gasteiger partial charge on any atom is -0.362 e. The van der Waals surface area contributed by atoms with E-state index in [1.54, 1.807) is 17.9 Å². The topological polar surface area (TPSA) is 116 Å². The predicted molar refractivity (Wildman–Crippen MR) is 104 cm³/mol. The Morgan fingerprint density at radius 1 is 1.29 bits per heavy atom. The molecule has 0 bridgehead atoms. The van der Waals surface area contributed by atoms with Crippen LogP contribution in [-0.2, 0) is 9.59 Å². The number of rotatable bonds is 3. The summed E-state index contributed by atoms with van der Waals surface area (Å²) in [5.74, 6) is -0.587. The number of anilines is 2. The van der Waals surface area contributed by atoms with Crippen molar-refractivity contribution in [3.8, 4) is 0 Å². The zero-order valence-corrected chi connectivity index (χ0v) is 16.1. The van der Waals surface area contributed by atoms with Crippen molar-refractivity contribution >= 4 is 39.9 Å². The fourth-order valence-corrected chi connectivity index (χ4v) is 4.08. The molecule has 0 radical (unpaired) electrons. The maximum absolute atomic E-state index is 12.7. The molecule has 1 saturated heterocycles. The van der Waals surface area contributed by atoms with Gasteiger partial charge in [0.15, 0.2) is 0 Å². The van der Waals surface area contributed by atoms with Gasteiger partial charge in [-0.05, 0) is 25.5 Å². The lowest BCUT2D eigenvalue weighted by Gasteiger charge is -2.40. The van der Waals surface area contributed by atoms with Gasteiger partial charge in [-0.1, -0.05) is 23.5 Å². The van der Waals surface area contributed by atoms with Crippen LogP contribution in [0.15, 0.2) is 29.8 Å². The smallest absolute Gasteiger partial charge is 0.255 e. The highest BCUT2D eigenvalue weighted by molar-refractivity contribution is 7.13. The Kier molecular flexibility index (Phi) is 4.71. The predicted octanol–water partition coefficient (Wildman–Crippen LogP) is 1.43. The number of hydrogen-bond acceptors (Lipinski definition) is 7.